The maximum absolute atomic E-state index is 12.0. The number of rotatable bonds is 5. The average molecular weight is 291 g/mol. The molecule has 0 aliphatic carbocycles. The Morgan fingerprint density at radius 2 is 2.10 bits per heavy atom. The van der Waals surface area contributed by atoms with Gasteiger partial charge in [0.05, 0.1) is 0 Å². The van der Waals surface area contributed by atoms with Crippen molar-refractivity contribution in [1.29, 1.82) is 0 Å². The van der Waals surface area contributed by atoms with Crippen molar-refractivity contribution >= 4 is 6.03 Å². The van der Waals surface area contributed by atoms with Gasteiger partial charge in [-0.25, -0.2) is 4.79 Å². The molecule has 2 rings (SSSR count). The van der Waals surface area contributed by atoms with Crippen molar-refractivity contribution in [2.24, 2.45) is 0 Å². The molecule has 1 N–H and O–H groups in total. The predicted octanol–water partition coefficient (Wildman–Crippen LogP) is 0.470. The molecule has 6 nitrogen and oxygen atoms in total. The lowest BCUT2D eigenvalue weighted by molar-refractivity contribution is 0.135. The molecule has 1 fully saturated rings. The number of hydrogen-bond donors (Lipinski definition) is 1. The van der Waals surface area contributed by atoms with Gasteiger partial charge in [0, 0.05) is 58.2 Å². The Bertz CT molecular complexity index is 429. The molecular weight excluding hydrogens is 266 g/mol. The minimum atomic E-state index is 0.0536. The molecule has 116 valence electrons. The van der Waals surface area contributed by atoms with Crippen molar-refractivity contribution in [1.82, 2.24) is 25.0 Å². The van der Waals surface area contributed by atoms with E-state index in [-0.39, 0.29) is 6.03 Å². The Labute approximate surface area is 126 Å². The molecule has 0 bridgehead atoms. The van der Waals surface area contributed by atoms with Crippen LogP contribution in [0.4, 0.5) is 4.79 Å². The smallest absolute Gasteiger partial charge is 0.317 e. The fourth-order valence-corrected chi connectivity index (χ4v) is 2.36. The maximum Gasteiger partial charge on any atom is 0.317 e. The van der Waals surface area contributed by atoms with Crippen LogP contribution in [0.1, 0.15) is 5.56 Å². The number of urea groups is 1. The summed E-state index contributed by atoms with van der Waals surface area (Å²) in [5.41, 5.74) is 1.22. The lowest BCUT2D eigenvalue weighted by Gasteiger charge is -2.34. The Morgan fingerprint density at radius 3 is 2.71 bits per heavy atom. The number of pyridine rings is 1. The highest BCUT2D eigenvalue weighted by molar-refractivity contribution is 5.74. The fraction of sp³-hybridized carbons (Fsp3) is 0.600. The molecule has 1 aromatic heterocycles. The number of hydrogen-bond acceptors (Lipinski definition) is 4. The normalized spacial score (nSPS) is 16.2. The van der Waals surface area contributed by atoms with E-state index in [1.807, 2.05) is 31.3 Å². The zero-order valence-electron chi connectivity index (χ0n) is 13.0. The van der Waals surface area contributed by atoms with E-state index in [1.54, 1.807) is 6.20 Å². The van der Waals surface area contributed by atoms with E-state index in [1.165, 1.54) is 5.56 Å². The largest absolute Gasteiger partial charge is 0.337 e. The first-order valence-electron chi connectivity index (χ1n) is 7.44. The number of carbonyl (C=O) groups is 1. The van der Waals surface area contributed by atoms with Gasteiger partial charge in [0.2, 0.25) is 0 Å². The second kappa shape index (κ2) is 7.95. The number of nitrogens with zero attached hydrogens (tertiary/aromatic N) is 4. The van der Waals surface area contributed by atoms with Crippen molar-refractivity contribution < 1.29 is 4.79 Å². The molecule has 21 heavy (non-hydrogen) atoms. The minimum Gasteiger partial charge on any atom is -0.337 e. The molecule has 0 spiro atoms. The summed E-state index contributed by atoms with van der Waals surface area (Å²) in [5.74, 6) is 0. The molecule has 1 aliphatic heterocycles. The Hall–Kier alpha value is -1.66. The Kier molecular flexibility index (Phi) is 5.95. The summed E-state index contributed by atoms with van der Waals surface area (Å²) >= 11 is 0. The van der Waals surface area contributed by atoms with Gasteiger partial charge in [-0.15, -0.1) is 0 Å². The Balaban J connectivity index is 1.69. The van der Waals surface area contributed by atoms with Crippen molar-refractivity contribution in [2.45, 2.75) is 6.54 Å². The summed E-state index contributed by atoms with van der Waals surface area (Å²) in [5, 5.41) is 2.97. The van der Waals surface area contributed by atoms with Crippen LogP contribution < -0.4 is 5.32 Å². The zero-order valence-corrected chi connectivity index (χ0v) is 13.0. The van der Waals surface area contributed by atoms with Gasteiger partial charge >= 0.3 is 6.03 Å². The van der Waals surface area contributed by atoms with Gasteiger partial charge in [-0.1, -0.05) is 6.07 Å². The summed E-state index contributed by atoms with van der Waals surface area (Å²) < 4.78 is 0. The van der Waals surface area contributed by atoms with Crippen molar-refractivity contribution in [3.63, 3.8) is 0 Å². The monoisotopic (exact) mass is 291 g/mol. The van der Waals surface area contributed by atoms with Crippen molar-refractivity contribution in [2.75, 3.05) is 53.4 Å². The van der Waals surface area contributed by atoms with Crippen LogP contribution in [0.2, 0.25) is 0 Å². The van der Waals surface area contributed by atoms with Crippen LogP contribution in [0.15, 0.2) is 24.5 Å². The first-order chi connectivity index (χ1) is 10.1. The van der Waals surface area contributed by atoms with Crippen LogP contribution in [0, 0.1) is 0 Å². The molecular formula is C15H25N5O. The SMILES string of the molecule is CN(C)CCNC(=O)N1CCN(Cc2cccnc2)CC1. The van der Waals surface area contributed by atoms with E-state index >= 15 is 0 Å². The lowest BCUT2D eigenvalue weighted by Crippen LogP contribution is -2.52. The number of likely N-dealkylation sites (N-methyl/N-ethyl adjacent to an activating group) is 1. The minimum absolute atomic E-state index is 0.0536. The summed E-state index contributed by atoms with van der Waals surface area (Å²) in [6.45, 7) is 5.87. The third kappa shape index (κ3) is 5.32. The van der Waals surface area contributed by atoms with Crippen LogP contribution >= 0.6 is 0 Å². The number of aromatic nitrogens is 1. The van der Waals surface area contributed by atoms with E-state index in [0.29, 0.717) is 6.54 Å². The van der Waals surface area contributed by atoms with Gasteiger partial charge in [0.1, 0.15) is 0 Å². The zero-order chi connectivity index (χ0) is 15.1. The Morgan fingerprint density at radius 1 is 1.33 bits per heavy atom. The fourth-order valence-electron chi connectivity index (χ4n) is 2.36. The van der Waals surface area contributed by atoms with Gasteiger partial charge in [-0.3, -0.25) is 9.88 Å². The number of piperazine rings is 1. The van der Waals surface area contributed by atoms with Gasteiger partial charge in [-0.05, 0) is 25.7 Å². The van der Waals surface area contributed by atoms with Crippen LogP contribution in [0.25, 0.3) is 0 Å². The van der Waals surface area contributed by atoms with Crippen LogP contribution in [0.3, 0.4) is 0 Å². The lowest BCUT2D eigenvalue weighted by atomic mass is 10.2. The first-order valence-corrected chi connectivity index (χ1v) is 7.44. The summed E-state index contributed by atoms with van der Waals surface area (Å²) in [6, 6.07) is 4.11. The molecule has 0 radical (unpaired) electrons. The van der Waals surface area contributed by atoms with Crippen LogP contribution in [0.5, 0.6) is 0 Å². The van der Waals surface area contributed by atoms with Gasteiger partial charge in [-0.2, -0.15) is 0 Å². The third-order valence-electron chi connectivity index (χ3n) is 3.62. The van der Waals surface area contributed by atoms with Crippen molar-refractivity contribution in [3.05, 3.63) is 30.1 Å². The standard InChI is InChI=1S/C15H25N5O/c1-18(2)7-6-17-15(21)20-10-8-19(9-11-20)13-14-4-3-5-16-12-14/h3-5,12H,6-11,13H2,1-2H3,(H,17,21). The highest BCUT2D eigenvalue weighted by Gasteiger charge is 2.20. The van der Waals surface area contributed by atoms with E-state index in [4.69, 9.17) is 0 Å². The molecule has 0 atom stereocenters. The summed E-state index contributed by atoms with van der Waals surface area (Å²) in [7, 11) is 4.01. The predicted molar refractivity (Wildman–Crippen MR) is 83.0 cm³/mol. The van der Waals surface area contributed by atoms with Gasteiger partial charge in [0.25, 0.3) is 0 Å². The van der Waals surface area contributed by atoms with Gasteiger partial charge < -0.3 is 15.1 Å². The van der Waals surface area contributed by atoms with E-state index in [0.717, 1.165) is 39.3 Å². The van der Waals surface area contributed by atoms with E-state index < -0.39 is 0 Å². The van der Waals surface area contributed by atoms with Crippen molar-refractivity contribution in [3.8, 4) is 0 Å². The van der Waals surface area contributed by atoms with Gasteiger partial charge in [0.15, 0.2) is 0 Å². The highest BCUT2D eigenvalue weighted by atomic mass is 16.2. The number of carbonyl (C=O) groups excluding carboxylic acids is 1. The second-order valence-electron chi connectivity index (χ2n) is 5.66. The molecule has 2 amide bonds. The third-order valence-corrected chi connectivity index (χ3v) is 3.62. The maximum atomic E-state index is 12.0. The number of amides is 2. The summed E-state index contributed by atoms with van der Waals surface area (Å²) in [4.78, 5) is 22.5. The molecule has 0 unspecified atom stereocenters. The van der Waals surface area contributed by atoms with Crippen LogP contribution in [-0.4, -0.2) is 79.1 Å². The molecule has 1 aliphatic rings. The molecule has 1 saturated heterocycles. The molecule has 0 aromatic carbocycles. The second-order valence-corrected chi connectivity index (χ2v) is 5.66. The quantitative estimate of drug-likeness (QED) is 0.857. The van der Waals surface area contributed by atoms with Crippen LogP contribution in [-0.2, 0) is 6.54 Å². The highest BCUT2D eigenvalue weighted by Crippen LogP contribution is 2.07. The topological polar surface area (TPSA) is 51.7 Å². The first kappa shape index (κ1) is 15.7. The number of nitrogens with one attached hydrogen (secondary N) is 1. The molecule has 1 aromatic rings. The van der Waals surface area contributed by atoms with E-state index in [9.17, 15) is 4.79 Å². The summed E-state index contributed by atoms with van der Waals surface area (Å²) in [6.07, 6.45) is 3.69. The average Bonchev–Trinajstić information content (AvgIpc) is 2.48. The molecule has 2 heterocycles. The molecule has 6 heteroatoms. The van der Waals surface area contributed by atoms with E-state index in [2.05, 4.69) is 26.2 Å². The molecule has 0 saturated carbocycles.